The zero-order chi connectivity index (χ0) is 9.97. The molecule has 2 aromatic heterocycles. The number of hydrogen-bond acceptors (Lipinski definition) is 4. The van der Waals surface area contributed by atoms with Crippen molar-refractivity contribution in [1.29, 1.82) is 0 Å². The lowest BCUT2D eigenvalue weighted by molar-refractivity contribution is 0.925. The molecule has 0 aliphatic heterocycles. The van der Waals surface area contributed by atoms with Crippen molar-refractivity contribution < 1.29 is 0 Å². The van der Waals surface area contributed by atoms with E-state index in [9.17, 15) is 0 Å². The largest absolute Gasteiger partial charge is 0.383 e. The fourth-order valence-electron chi connectivity index (χ4n) is 1.01. The second-order valence-corrected chi connectivity index (χ2v) is 3.45. The van der Waals surface area contributed by atoms with Crippen molar-refractivity contribution in [2.75, 3.05) is 11.2 Å². The van der Waals surface area contributed by atoms with Gasteiger partial charge in [-0.15, -0.1) is 0 Å². The van der Waals surface area contributed by atoms with E-state index in [1.165, 1.54) is 0 Å². The topological polar surface area (TPSA) is 68.8 Å². The molecule has 0 saturated heterocycles. The molecule has 2 aromatic rings. The third kappa shape index (κ3) is 2.02. The van der Waals surface area contributed by atoms with Gasteiger partial charge in [0.1, 0.15) is 10.4 Å². The quantitative estimate of drug-likeness (QED) is 0.797. The highest BCUT2D eigenvalue weighted by molar-refractivity contribution is 9.10. The van der Waals surface area contributed by atoms with E-state index in [1.807, 2.05) is 24.5 Å². The van der Waals surface area contributed by atoms with Crippen LogP contribution in [0.4, 0.5) is 11.8 Å². The van der Waals surface area contributed by atoms with Crippen LogP contribution >= 0.6 is 15.9 Å². The summed E-state index contributed by atoms with van der Waals surface area (Å²) in [6.07, 6.45) is 3.70. The number of hydrogen-bond donors (Lipinski definition) is 2. The highest BCUT2D eigenvalue weighted by Crippen LogP contribution is 2.12. The lowest BCUT2D eigenvalue weighted by Gasteiger charge is -2.05. The van der Waals surface area contributed by atoms with Gasteiger partial charge in [-0.2, -0.15) is 4.98 Å². The van der Waals surface area contributed by atoms with E-state index in [1.54, 1.807) is 10.7 Å². The number of nitrogens with one attached hydrogen (secondary N) is 1. The maximum atomic E-state index is 5.56. The molecule has 0 spiro atoms. The smallest absolute Gasteiger partial charge is 0.245 e. The van der Waals surface area contributed by atoms with Gasteiger partial charge < -0.3 is 5.73 Å². The summed E-state index contributed by atoms with van der Waals surface area (Å²) in [6.45, 7) is 0. The second-order valence-electron chi connectivity index (χ2n) is 2.64. The van der Waals surface area contributed by atoms with Crippen LogP contribution in [0.1, 0.15) is 0 Å². The van der Waals surface area contributed by atoms with Gasteiger partial charge in [0.05, 0.1) is 0 Å². The van der Waals surface area contributed by atoms with Gasteiger partial charge in [0, 0.05) is 18.5 Å². The summed E-state index contributed by atoms with van der Waals surface area (Å²) in [6, 6.07) is 5.43. The maximum Gasteiger partial charge on any atom is 0.245 e. The maximum absolute atomic E-state index is 5.56. The number of rotatable bonds is 2. The average Bonchev–Trinajstić information content (AvgIpc) is 2.54. The summed E-state index contributed by atoms with van der Waals surface area (Å²) in [5.74, 6) is 0.870. The minimum atomic E-state index is 0.418. The number of nitrogen functional groups attached to an aromatic ring is 1. The number of anilines is 2. The highest BCUT2D eigenvalue weighted by atomic mass is 79.9. The van der Waals surface area contributed by atoms with Gasteiger partial charge in [0.15, 0.2) is 0 Å². The molecule has 72 valence electrons. The van der Waals surface area contributed by atoms with Crippen LogP contribution in [0.2, 0.25) is 0 Å². The minimum absolute atomic E-state index is 0.418. The number of nitrogens with two attached hydrogens (primary N) is 1. The normalized spacial score (nSPS) is 10.1. The number of nitrogens with zero attached hydrogens (tertiary/aromatic N) is 3. The fraction of sp³-hybridized carbons (Fsp3) is 0. The molecule has 5 nitrogen and oxygen atoms in total. The van der Waals surface area contributed by atoms with Gasteiger partial charge >= 0.3 is 0 Å². The van der Waals surface area contributed by atoms with Gasteiger partial charge in [-0.3, -0.25) is 10.1 Å². The third-order valence-electron chi connectivity index (χ3n) is 1.55. The number of halogens is 1. The molecule has 0 aromatic carbocycles. The number of aromatic nitrogens is 3. The van der Waals surface area contributed by atoms with E-state index in [0.717, 1.165) is 0 Å². The van der Waals surface area contributed by atoms with Crippen LogP contribution in [-0.4, -0.2) is 14.6 Å². The predicted molar refractivity (Wildman–Crippen MR) is 57.6 cm³/mol. The van der Waals surface area contributed by atoms with Crippen LogP contribution in [0.3, 0.4) is 0 Å². The minimum Gasteiger partial charge on any atom is -0.383 e. The summed E-state index contributed by atoms with van der Waals surface area (Å²) in [4.78, 5) is 8.12. The molecule has 0 atom stereocenters. The van der Waals surface area contributed by atoms with E-state index in [4.69, 9.17) is 5.73 Å². The molecule has 0 radical (unpaired) electrons. The summed E-state index contributed by atoms with van der Waals surface area (Å²) in [5.41, 5.74) is 8.51. The summed E-state index contributed by atoms with van der Waals surface area (Å²) < 4.78 is 2.39. The molecule has 6 heteroatoms. The van der Waals surface area contributed by atoms with Crippen LogP contribution in [0, 0.1) is 0 Å². The monoisotopic (exact) mass is 253 g/mol. The Labute approximate surface area is 89.1 Å². The zero-order valence-electron chi connectivity index (χ0n) is 7.18. The van der Waals surface area contributed by atoms with Gasteiger partial charge in [-0.25, -0.2) is 4.98 Å². The van der Waals surface area contributed by atoms with Gasteiger partial charge in [-0.05, 0) is 28.1 Å². The van der Waals surface area contributed by atoms with Crippen molar-refractivity contribution in [3.63, 3.8) is 0 Å². The Kier molecular flexibility index (Phi) is 2.36. The summed E-state index contributed by atoms with van der Waals surface area (Å²) >= 11 is 3.24. The molecule has 0 aliphatic carbocycles. The summed E-state index contributed by atoms with van der Waals surface area (Å²) in [5, 5.41) is 0. The molecule has 0 aliphatic rings. The second kappa shape index (κ2) is 3.67. The molecule has 2 rings (SSSR count). The predicted octanol–water partition coefficient (Wildman–Crippen LogP) is 1.50. The van der Waals surface area contributed by atoms with Crippen LogP contribution in [0.25, 0.3) is 0 Å². The molecular formula is C8H8BrN5. The lowest BCUT2D eigenvalue weighted by Crippen LogP contribution is -2.10. The third-order valence-corrected chi connectivity index (χ3v) is 1.95. The SMILES string of the molecule is Nc1cc(Br)nc(Nn2cccc2)n1. The van der Waals surface area contributed by atoms with E-state index >= 15 is 0 Å². The van der Waals surface area contributed by atoms with Crippen molar-refractivity contribution in [3.8, 4) is 0 Å². The van der Waals surface area contributed by atoms with Gasteiger partial charge in [0.2, 0.25) is 5.95 Å². The van der Waals surface area contributed by atoms with Crippen LogP contribution < -0.4 is 11.2 Å². The highest BCUT2D eigenvalue weighted by Gasteiger charge is 1.99. The Morgan fingerprint density at radius 2 is 2.00 bits per heavy atom. The van der Waals surface area contributed by atoms with Crippen molar-refractivity contribution >= 4 is 27.7 Å². The average molecular weight is 254 g/mol. The first-order valence-electron chi connectivity index (χ1n) is 3.94. The van der Waals surface area contributed by atoms with Crippen molar-refractivity contribution in [1.82, 2.24) is 14.6 Å². The van der Waals surface area contributed by atoms with Gasteiger partial charge in [0.25, 0.3) is 0 Å². The molecule has 0 bridgehead atoms. The lowest BCUT2D eigenvalue weighted by atomic mass is 10.6. The van der Waals surface area contributed by atoms with Crippen molar-refractivity contribution in [2.45, 2.75) is 0 Å². The van der Waals surface area contributed by atoms with Crippen molar-refractivity contribution in [2.24, 2.45) is 0 Å². The van der Waals surface area contributed by atoms with Gasteiger partial charge in [-0.1, -0.05) is 0 Å². The Hall–Kier alpha value is -1.56. The van der Waals surface area contributed by atoms with Crippen molar-refractivity contribution in [3.05, 3.63) is 35.2 Å². The molecule has 2 heterocycles. The molecule has 0 saturated carbocycles. The van der Waals surface area contributed by atoms with E-state index in [-0.39, 0.29) is 0 Å². The molecular weight excluding hydrogens is 246 g/mol. The first-order chi connectivity index (χ1) is 6.74. The van der Waals surface area contributed by atoms with E-state index < -0.39 is 0 Å². The zero-order valence-corrected chi connectivity index (χ0v) is 8.77. The molecule has 0 amide bonds. The van der Waals surface area contributed by atoms with E-state index in [0.29, 0.717) is 16.4 Å². The molecule has 0 fully saturated rings. The first kappa shape index (κ1) is 9.01. The Morgan fingerprint density at radius 3 is 2.64 bits per heavy atom. The standard InChI is InChI=1S/C8H8BrN5/c9-6-5-7(10)12-8(11-6)13-14-3-1-2-4-14/h1-5H,(H3,10,11,12,13). The molecule has 0 unspecified atom stereocenters. The first-order valence-corrected chi connectivity index (χ1v) is 4.73. The Bertz CT molecular complexity index is 405. The molecule has 3 N–H and O–H groups in total. The van der Waals surface area contributed by atoms with Crippen LogP contribution in [-0.2, 0) is 0 Å². The van der Waals surface area contributed by atoms with Crippen LogP contribution in [0.5, 0.6) is 0 Å². The fourth-order valence-corrected chi connectivity index (χ4v) is 1.41. The Balaban J connectivity index is 2.25. The van der Waals surface area contributed by atoms with Crippen LogP contribution in [0.15, 0.2) is 35.2 Å². The molecule has 14 heavy (non-hydrogen) atoms. The Morgan fingerprint density at radius 1 is 1.29 bits per heavy atom. The van der Waals surface area contributed by atoms with E-state index in [2.05, 4.69) is 31.3 Å². The summed E-state index contributed by atoms with van der Waals surface area (Å²) in [7, 11) is 0.